The number of unbranched alkanes of at least 4 members (excludes halogenated alkanes) is 1. The minimum absolute atomic E-state index is 0.309. The van der Waals surface area contributed by atoms with E-state index >= 15 is 0 Å². The van der Waals surface area contributed by atoms with Crippen molar-refractivity contribution in [3.63, 3.8) is 0 Å². The number of hydroxylamine groups is 1. The van der Waals surface area contributed by atoms with Crippen LogP contribution in [0.25, 0.3) is 0 Å². The first kappa shape index (κ1) is 14.2. The molecule has 3 nitrogen and oxygen atoms in total. The summed E-state index contributed by atoms with van der Waals surface area (Å²) >= 11 is 5.58. The molecule has 0 radical (unpaired) electrons. The summed E-state index contributed by atoms with van der Waals surface area (Å²) in [6.45, 7) is 6.16. The third kappa shape index (κ3) is 10.3. The Bertz CT molecular complexity index is 114. The number of rotatable bonds is 10. The van der Waals surface area contributed by atoms with E-state index in [0.29, 0.717) is 19.3 Å². The maximum absolute atomic E-state index is 5.58. The van der Waals surface area contributed by atoms with Crippen LogP contribution in [0.4, 0.5) is 0 Å². The van der Waals surface area contributed by atoms with E-state index in [0.717, 1.165) is 31.7 Å². The third-order valence-corrected chi connectivity index (χ3v) is 2.10. The summed E-state index contributed by atoms with van der Waals surface area (Å²) in [4.78, 5) is 5.06. The van der Waals surface area contributed by atoms with Crippen molar-refractivity contribution in [1.29, 1.82) is 0 Å². The van der Waals surface area contributed by atoms with Gasteiger partial charge in [-0.25, -0.2) is 5.48 Å². The highest BCUT2D eigenvalue weighted by atomic mass is 35.5. The molecule has 0 aromatic rings. The lowest BCUT2D eigenvalue weighted by molar-refractivity contribution is -0.0251. The highest BCUT2D eigenvalue weighted by molar-refractivity contribution is 6.17. The van der Waals surface area contributed by atoms with Crippen LogP contribution in [-0.2, 0) is 9.57 Å². The molecule has 4 heteroatoms. The molecule has 0 amide bonds. The van der Waals surface area contributed by atoms with Crippen molar-refractivity contribution in [1.82, 2.24) is 5.48 Å². The summed E-state index contributed by atoms with van der Waals surface area (Å²) in [6, 6.07) is 0. The van der Waals surface area contributed by atoms with Crippen molar-refractivity contribution in [2.75, 3.05) is 25.6 Å². The molecule has 0 fully saturated rings. The summed E-state index contributed by atoms with van der Waals surface area (Å²) in [5, 5.41) is 0. The molecule has 0 aromatic heterocycles. The molecule has 1 unspecified atom stereocenters. The molecule has 0 aliphatic carbocycles. The Morgan fingerprint density at radius 2 is 2.07 bits per heavy atom. The first-order valence-electron chi connectivity index (χ1n) is 5.33. The Kier molecular flexibility index (Phi) is 11.4. The largest absolute Gasteiger partial charge is 0.376 e. The quantitative estimate of drug-likeness (QED) is 0.350. The molecule has 0 saturated heterocycles. The van der Waals surface area contributed by atoms with Gasteiger partial charge in [0.25, 0.3) is 0 Å². The first-order valence-corrected chi connectivity index (χ1v) is 5.87. The van der Waals surface area contributed by atoms with E-state index in [-0.39, 0.29) is 0 Å². The van der Waals surface area contributed by atoms with Crippen LogP contribution in [-0.4, -0.2) is 31.7 Å². The Balaban J connectivity index is 3.06. The second kappa shape index (κ2) is 11.2. The summed E-state index contributed by atoms with van der Waals surface area (Å²) in [6.07, 6.45) is 3.60. The van der Waals surface area contributed by atoms with Crippen LogP contribution in [0.5, 0.6) is 0 Å². The number of nitrogens with one attached hydrogen (secondary N) is 1. The number of alkyl halides is 1. The first-order chi connectivity index (χ1) is 6.81. The van der Waals surface area contributed by atoms with Crippen molar-refractivity contribution in [3.05, 3.63) is 0 Å². The van der Waals surface area contributed by atoms with Gasteiger partial charge in [-0.2, -0.15) is 0 Å². The van der Waals surface area contributed by atoms with Gasteiger partial charge in [-0.15, -0.1) is 11.6 Å². The van der Waals surface area contributed by atoms with E-state index in [1.54, 1.807) is 0 Å². The molecular weight excluding hydrogens is 202 g/mol. The van der Waals surface area contributed by atoms with Crippen LogP contribution >= 0.6 is 11.6 Å². The number of hydrogen-bond donors (Lipinski definition) is 1. The molecular formula is C10H22ClNO2. The fourth-order valence-electron chi connectivity index (χ4n) is 1.07. The average Bonchev–Trinajstić information content (AvgIpc) is 2.18. The molecule has 0 aliphatic heterocycles. The molecule has 0 bridgehead atoms. The molecule has 0 aromatic carbocycles. The fourth-order valence-corrected chi connectivity index (χ4v) is 1.26. The van der Waals surface area contributed by atoms with Crippen LogP contribution in [0.1, 0.15) is 33.1 Å². The van der Waals surface area contributed by atoms with Gasteiger partial charge < -0.3 is 4.74 Å². The van der Waals surface area contributed by atoms with Gasteiger partial charge in [0.2, 0.25) is 0 Å². The zero-order chi connectivity index (χ0) is 10.6. The molecule has 14 heavy (non-hydrogen) atoms. The van der Waals surface area contributed by atoms with E-state index in [4.69, 9.17) is 21.2 Å². The van der Waals surface area contributed by atoms with Gasteiger partial charge in [0.05, 0.1) is 19.3 Å². The molecule has 0 heterocycles. The van der Waals surface area contributed by atoms with E-state index < -0.39 is 0 Å². The Morgan fingerprint density at radius 1 is 1.29 bits per heavy atom. The van der Waals surface area contributed by atoms with Crippen LogP contribution in [0.15, 0.2) is 0 Å². The van der Waals surface area contributed by atoms with Gasteiger partial charge in [0, 0.05) is 12.4 Å². The van der Waals surface area contributed by atoms with Crippen molar-refractivity contribution in [2.24, 2.45) is 0 Å². The summed E-state index contributed by atoms with van der Waals surface area (Å²) in [5.74, 6) is 0.746. The number of hydrogen-bond acceptors (Lipinski definition) is 3. The van der Waals surface area contributed by atoms with E-state index in [1.165, 1.54) is 0 Å². The molecule has 0 saturated carbocycles. The van der Waals surface area contributed by atoms with Crippen LogP contribution in [0, 0.1) is 0 Å². The second-order valence-electron chi connectivity index (χ2n) is 3.21. The van der Waals surface area contributed by atoms with Gasteiger partial charge in [0.15, 0.2) is 0 Å². The number of ether oxygens (including phenoxy) is 1. The minimum atomic E-state index is 0.309. The van der Waals surface area contributed by atoms with Gasteiger partial charge in [-0.1, -0.05) is 6.92 Å². The van der Waals surface area contributed by atoms with Crippen LogP contribution in [0.2, 0.25) is 0 Å². The Hall–Kier alpha value is 0.170. The molecule has 86 valence electrons. The van der Waals surface area contributed by atoms with Crippen molar-refractivity contribution < 1.29 is 9.57 Å². The van der Waals surface area contributed by atoms with Crippen molar-refractivity contribution >= 4 is 11.6 Å². The van der Waals surface area contributed by atoms with Crippen molar-refractivity contribution in [3.8, 4) is 0 Å². The summed E-state index contributed by atoms with van der Waals surface area (Å²) in [7, 11) is 0. The van der Waals surface area contributed by atoms with Crippen molar-refractivity contribution in [2.45, 2.75) is 39.2 Å². The molecule has 0 spiro atoms. The second-order valence-corrected chi connectivity index (χ2v) is 3.59. The SMILES string of the molecule is CCNOCCOC(C)CCCCCl. The summed E-state index contributed by atoms with van der Waals surface area (Å²) in [5.41, 5.74) is 2.78. The van der Waals surface area contributed by atoms with Gasteiger partial charge in [-0.3, -0.25) is 4.84 Å². The zero-order valence-corrected chi connectivity index (χ0v) is 9.98. The van der Waals surface area contributed by atoms with Gasteiger partial charge in [-0.05, 0) is 26.2 Å². The van der Waals surface area contributed by atoms with Gasteiger partial charge in [0.1, 0.15) is 0 Å². The molecule has 1 atom stereocenters. The molecule has 0 rings (SSSR count). The topological polar surface area (TPSA) is 30.5 Å². The van der Waals surface area contributed by atoms with E-state index in [1.807, 2.05) is 6.92 Å². The fraction of sp³-hybridized carbons (Fsp3) is 1.00. The maximum Gasteiger partial charge on any atom is 0.0916 e. The van der Waals surface area contributed by atoms with E-state index in [2.05, 4.69) is 12.4 Å². The monoisotopic (exact) mass is 223 g/mol. The zero-order valence-electron chi connectivity index (χ0n) is 9.22. The molecule has 0 aliphatic rings. The highest BCUT2D eigenvalue weighted by Gasteiger charge is 2.01. The van der Waals surface area contributed by atoms with Crippen LogP contribution in [0.3, 0.4) is 0 Å². The van der Waals surface area contributed by atoms with Crippen LogP contribution < -0.4 is 5.48 Å². The predicted molar refractivity (Wildman–Crippen MR) is 59.6 cm³/mol. The predicted octanol–water partition coefficient (Wildman–Crippen LogP) is 2.34. The lowest BCUT2D eigenvalue weighted by Gasteiger charge is -2.12. The minimum Gasteiger partial charge on any atom is -0.376 e. The summed E-state index contributed by atoms with van der Waals surface area (Å²) < 4.78 is 5.53. The lowest BCUT2D eigenvalue weighted by atomic mass is 10.2. The maximum atomic E-state index is 5.58. The normalized spacial score (nSPS) is 13.1. The lowest BCUT2D eigenvalue weighted by Crippen LogP contribution is -2.19. The Labute approximate surface area is 92.1 Å². The standard InChI is InChI=1S/C10H22ClNO2/c1-3-12-14-9-8-13-10(2)6-4-5-7-11/h10,12H,3-9H2,1-2H3. The third-order valence-electron chi connectivity index (χ3n) is 1.83. The smallest absolute Gasteiger partial charge is 0.0916 e. The highest BCUT2D eigenvalue weighted by Crippen LogP contribution is 2.04. The van der Waals surface area contributed by atoms with Gasteiger partial charge >= 0.3 is 0 Å². The average molecular weight is 224 g/mol. The Morgan fingerprint density at radius 3 is 2.71 bits per heavy atom. The molecule has 1 N–H and O–H groups in total. The number of halogens is 1. The van der Waals surface area contributed by atoms with E-state index in [9.17, 15) is 0 Å².